The van der Waals surface area contributed by atoms with Crippen molar-refractivity contribution >= 4 is 5.84 Å². The molecule has 1 saturated heterocycles. The van der Waals surface area contributed by atoms with Crippen molar-refractivity contribution < 1.29 is 4.74 Å². The zero-order valence-electron chi connectivity index (χ0n) is 17.8. The highest BCUT2D eigenvalue weighted by molar-refractivity contribution is 5.86. The Morgan fingerprint density at radius 2 is 1.77 bits per heavy atom. The summed E-state index contributed by atoms with van der Waals surface area (Å²) >= 11 is 0. The van der Waals surface area contributed by atoms with Crippen LogP contribution < -0.4 is 5.32 Å². The third-order valence-corrected chi connectivity index (χ3v) is 4.27. The lowest BCUT2D eigenvalue weighted by Gasteiger charge is -2.33. The van der Waals surface area contributed by atoms with Gasteiger partial charge in [0.1, 0.15) is 17.3 Å². The van der Waals surface area contributed by atoms with Gasteiger partial charge in [-0.05, 0) is 18.6 Å². The second-order valence-electron chi connectivity index (χ2n) is 5.87. The van der Waals surface area contributed by atoms with Gasteiger partial charge in [-0.3, -0.25) is 0 Å². The molecule has 0 bridgehead atoms. The number of ether oxygens (including phenoxy) is 1. The first-order valence-electron chi connectivity index (χ1n) is 10.5. The fourth-order valence-corrected chi connectivity index (χ4v) is 2.99. The number of nitrogens with one attached hydrogen (secondary N) is 1. The standard InChI is InChI=1S/C18H29N3O.2C2H6/c1-4-7-8-9-15-14-22-17(6-3)16(5-2)20-18(15)21-12-10-19-11-13-21;2*1-2/h5-6,15,19H,2-4,7-14H2,1H3;2*1-2H3. The summed E-state index contributed by atoms with van der Waals surface area (Å²) < 4.78 is 5.95. The lowest BCUT2D eigenvalue weighted by molar-refractivity contribution is 0.188. The van der Waals surface area contributed by atoms with Crippen LogP contribution in [0.5, 0.6) is 0 Å². The average Bonchev–Trinajstić information content (AvgIpc) is 2.91. The van der Waals surface area contributed by atoms with Crippen molar-refractivity contribution in [3.05, 3.63) is 36.8 Å². The molecule has 0 spiro atoms. The second kappa shape index (κ2) is 15.7. The molecule has 0 aliphatic carbocycles. The van der Waals surface area contributed by atoms with Gasteiger partial charge in [-0.15, -0.1) is 0 Å². The van der Waals surface area contributed by atoms with E-state index in [1.807, 2.05) is 27.7 Å². The number of rotatable bonds is 6. The molecule has 2 heterocycles. The molecule has 1 N–H and O–H groups in total. The third-order valence-electron chi connectivity index (χ3n) is 4.27. The molecule has 4 heteroatoms. The monoisotopic (exact) mass is 363 g/mol. The molecule has 0 radical (unpaired) electrons. The summed E-state index contributed by atoms with van der Waals surface area (Å²) in [5.74, 6) is 2.28. The van der Waals surface area contributed by atoms with Crippen molar-refractivity contribution in [3.8, 4) is 0 Å². The van der Waals surface area contributed by atoms with Crippen molar-refractivity contribution in [2.24, 2.45) is 10.9 Å². The van der Waals surface area contributed by atoms with E-state index in [1.54, 1.807) is 12.2 Å². The van der Waals surface area contributed by atoms with E-state index in [0.717, 1.165) is 44.1 Å². The predicted octanol–water partition coefficient (Wildman–Crippen LogP) is 5.15. The lowest BCUT2D eigenvalue weighted by Crippen LogP contribution is -2.49. The zero-order chi connectivity index (χ0) is 19.8. The molecule has 1 unspecified atom stereocenters. The Hall–Kier alpha value is -1.55. The Kier molecular flexibility index (Phi) is 14.8. The van der Waals surface area contributed by atoms with Crippen LogP contribution in [0.15, 0.2) is 41.8 Å². The van der Waals surface area contributed by atoms with Gasteiger partial charge in [0, 0.05) is 26.2 Å². The van der Waals surface area contributed by atoms with Gasteiger partial charge in [0.2, 0.25) is 0 Å². The normalized spacial score (nSPS) is 19.7. The summed E-state index contributed by atoms with van der Waals surface area (Å²) in [5.41, 5.74) is 0.807. The Bertz CT molecular complexity index is 448. The molecule has 1 atom stereocenters. The van der Waals surface area contributed by atoms with Crippen molar-refractivity contribution in [1.29, 1.82) is 0 Å². The molecule has 4 nitrogen and oxygen atoms in total. The molecule has 0 amide bonds. The first kappa shape index (κ1) is 24.5. The molecule has 0 saturated carbocycles. The maximum atomic E-state index is 5.95. The Morgan fingerprint density at radius 3 is 2.31 bits per heavy atom. The Balaban J connectivity index is 0.00000146. The number of aliphatic imine (C=N–C) groups is 1. The van der Waals surface area contributed by atoms with Crippen molar-refractivity contribution in [1.82, 2.24) is 10.2 Å². The molecule has 2 aliphatic rings. The summed E-state index contributed by atoms with van der Waals surface area (Å²) in [6.45, 7) is 22.7. The van der Waals surface area contributed by atoms with E-state index in [4.69, 9.17) is 9.73 Å². The number of hydrogen-bond acceptors (Lipinski definition) is 4. The lowest BCUT2D eigenvalue weighted by atomic mass is 9.99. The van der Waals surface area contributed by atoms with Crippen LogP contribution in [0.25, 0.3) is 0 Å². The number of unbranched alkanes of at least 4 members (excludes halogenated alkanes) is 2. The fourth-order valence-electron chi connectivity index (χ4n) is 2.99. The highest BCUT2D eigenvalue weighted by atomic mass is 16.5. The first-order chi connectivity index (χ1) is 12.8. The topological polar surface area (TPSA) is 36.9 Å². The van der Waals surface area contributed by atoms with E-state index in [0.29, 0.717) is 12.5 Å². The molecule has 150 valence electrons. The number of hydrogen-bond donors (Lipinski definition) is 1. The minimum Gasteiger partial charge on any atom is -0.491 e. The minimum absolute atomic E-state index is 0.358. The van der Waals surface area contributed by atoms with E-state index in [9.17, 15) is 0 Å². The van der Waals surface area contributed by atoms with Gasteiger partial charge in [0.25, 0.3) is 0 Å². The van der Waals surface area contributed by atoms with Crippen LogP contribution >= 0.6 is 0 Å². The van der Waals surface area contributed by atoms with Gasteiger partial charge in [-0.2, -0.15) is 0 Å². The predicted molar refractivity (Wildman–Crippen MR) is 116 cm³/mol. The van der Waals surface area contributed by atoms with Crippen LogP contribution in [0.4, 0.5) is 0 Å². The molecule has 26 heavy (non-hydrogen) atoms. The van der Waals surface area contributed by atoms with E-state index >= 15 is 0 Å². The fraction of sp³-hybridized carbons (Fsp3) is 0.682. The van der Waals surface area contributed by atoms with Crippen molar-refractivity contribution in [2.75, 3.05) is 32.8 Å². The van der Waals surface area contributed by atoms with Gasteiger partial charge >= 0.3 is 0 Å². The minimum atomic E-state index is 0.358. The van der Waals surface area contributed by atoms with Crippen molar-refractivity contribution in [2.45, 2.75) is 60.3 Å². The highest BCUT2D eigenvalue weighted by Gasteiger charge is 2.26. The maximum absolute atomic E-state index is 5.95. The Morgan fingerprint density at radius 1 is 1.12 bits per heavy atom. The van der Waals surface area contributed by atoms with E-state index in [1.165, 1.54) is 25.1 Å². The van der Waals surface area contributed by atoms with Crippen molar-refractivity contribution in [3.63, 3.8) is 0 Å². The van der Waals surface area contributed by atoms with Gasteiger partial charge in [0.05, 0.1) is 12.5 Å². The number of amidine groups is 1. The van der Waals surface area contributed by atoms with E-state index in [-0.39, 0.29) is 0 Å². The van der Waals surface area contributed by atoms with Crippen LogP contribution in [0.3, 0.4) is 0 Å². The van der Waals surface area contributed by atoms with Crippen LogP contribution in [-0.4, -0.2) is 43.5 Å². The second-order valence-corrected chi connectivity index (χ2v) is 5.87. The summed E-state index contributed by atoms with van der Waals surface area (Å²) in [4.78, 5) is 7.32. The van der Waals surface area contributed by atoms with Crippen LogP contribution in [0, 0.1) is 5.92 Å². The number of nitrogens with zero attached hydrogens (tertiary/aromatic N) is 2. The molecule has 0 aromatic rings. The molecular weight excluding hydrogens is 322 g/mol. The summed E-state index contributed by atoms with van der Waals surface area (Å²) in [5, 5.41) is 3.41. The average molecular weight is 364 g/mol. The van der Waals surface area contributed by atoms with Crippen LogP contribution in [0.1, 0.15) is 60.3 Å². The first-order valence-corrected chi connectivity index (χ1v) is 10.5. The van der Waals surface area contributed by atoms with E-state index < -0.39 is 0 Å². The molecule has 0 aromatic heterocycles. The van der Waals surface area contributed by atoms with Gasteiger partial charge in [-0.25, -0.2) is 4.99 Å². The van der Waals surface area contributed by atoms with Gasteiger partial charge in [0.15, 0.2) is 0 Å². The summed E-state index contributed by atoms with van der Waals surface area (Å²) in [6, 6.07) is 0. The SMILES string of the molecule is C=CC1=C(C=C)OCC(CCCCC)C(N2CCNCC2)=N1.CC.CC. The quantitative estimate of drug-likeness (QED) is 0.663. The molecule has 1 fully saturated rings. The summed E-state index contributed by atoms with van der Waals surface area (Å²) in [7, 11) is 0. The smallest absolute Gasteiger partial charge is 0.144 e. The van der Waals surface area contributed by atoms with E-state index in [2.05, 4.69) is 30.3 Å². The molecular formula is C22H41N3O. The third kappa shape index (κ3) is 7.77. The highest BCUT2D eigenvalue weighted by Crippen LogP contribution is 2.24. The molecule has 0 aromatic carbocycles. The largest absolute Gasteiger partial charge is 0.491 e. The maximum Gasteiger partial charge on any atom is 0.144 e. The van der Waals surface area contributed by atoms with Gasteiger partial charge < -0.3 is 15.0 Å². The Labute approximate surface area is 162 Å². The molecule has 2 aliphatic heterocycles. The van der Waals surface area contributed by atoms with Gasteiger partial charge in [-0.1, -0.05) is 67.0 Å². The van der Waals surface area contributed by atoms with Crippen LogP contribution in [-0.2, 0) is 4.74 Å². The molecule has 2 rings (SSSR count). The summed E-state index contributed by atoms with van der Waals surface area (Å²) in [6.07, 6.45) is 8.37. The van der Waals surface area contributed by atoms with Crippen LogP contribution in [0.2, 0.25) is 0 Å². The zero-order valence-corrected chi connectivity index (χ0v) is 17.8. The number of allylic oxidation sites excluding steroid dienone is 2. The number of piperazine rings is 1.